The molecule has 0 bridgehead atoms. The molecule has 1 saturated heterocycles. The summed E-state index contributed by atoms with van der Waals surface area (Å²) in [5.41, 5.74) is 0.634. The van der Waals surface area contributed by atoms with E-state index < -0.39 is 11.9 Å². The molecule has 0 spiro atoms. The minimum absolute atomic E-state index is 0.154. The summed E-state index contributed by atoms with van der Waals surface area (Å²) in [5, 5.41) is 5.80. The monoisotopic (exact) mass is 432 g/mol. The normalized spacial score (nSPS) is 14.7. The summed E-state index contributed by atoms with van der Waals surface area (Å²) < 4.78 is 9.46. The largest absolute Gasteiger partial charge is 0.465 e. The Morgan fingerprint density at radius 2 is 1.73 bits per heavy atom. The van der Waals surface area contributed by atoms with Gasteiger partial charge in [0.2, 0.25) is 0 Å². The number of rotatable bonds is 5. The Kier molecular flexibility index (Phi) is 7.36. The van der Waals surface area contributed by atoms with E-state index in [-0.39, 0.29) is 17.2 Å². The first kappa shape index (κ1) is 21.7. The smallest absolute Gasteiger partial charge is 0.337 e. The van der Waals surface area contributed by atoms with Gasteiger partial charge in [-0.1, -0.05) is 0 Å². The van der Waals surface area contributed by atoms with Crippen LogP contribution in [0.25, 0.3) is 0 Å². The Bertz CT molecular complexity index is 868. The predicted octanol–water partition coefficient (Wildman–Crippen LogP) is 2.46. The minimum atomic E-state index is -0.608. The van der Waals surface area contributed by atoms with Crippen molar-refractivity contribution in [3.8, 4) is 0 Å². The van der Waals surface area contributed by atoms with Gasteiger partial charge in [0.1, 0.15) is 5.01 Å². The molecule has 1 aliphatic heterocycles. The highest BCUT2D eigenvalue weighted by Gasteiger charge is 2.21. The summed E-state index contributed by atoms with van der Waals surface area (Å²) in [6.07, 6.45) is 2.64. The molecule has 2 aromatic rings. The van der Waals surface area contributed by atoms with Crippen LogP contribution in [0.4, 0.5) is 10.5 Å². The maximum Gasteiger partial charge on any atom is 0.337 e. The highest BCUT2D eigenvalue weighted by atomic mass is 32.1. The van der Waals surface area contributed by atoms with Crippen LogP contribution in [0.2, 0.25) is 0 Å². The highest BCUT2D eigenvalue weighted by Crippen LogP contribution is 2.18. The number of hydrogen-bond acceptors (Lipinski definition) is 8. The molecule has 9 nitrogen and oxygen atoms in total. The zero-order valence-corrected chi connectivity index (χ0v) is 17.7. The number of benzene rings is 1. The molecule has 1 aromatic heterocycles. The van der Waals surface area contributed by atoms with Crippen LogP contribution in [0.1, 0.15) is 32.1 Å². The number of nitrogens with one attached hydrogen (secondary N) is 1. The van der Waals surface area contributed by atoms with Crippen molar-refractivity contribution in [1.82, 2.24) is 14.8 Å². The van der Waals surface area contributed by atoms with E-state index in [0.717, 1.165) is 31.1 Å². The molecule has 0 atom stereocenters. The first-order valence-electron chi connectivity index (χ1n) is 9.48. The molecule has 1 aromatic carbocycles. The van der Waals surface area contributed by atoms with E-state index in [2.05, 4.69) is 15.2 Å². The summed E-state index contributed by atoms with van der Waals surface area (Å²) in [7, 11) is 2.50. The lowest BCUT2D eigenvalue weighted by Crippen LogP contribution is -2.38. The van der Waals surface area contributed by atoms with Crippen LogP contribution in [0.5, 0.6) is 0 Å². The quantitative estimate of drug-likeness (QED) is 0.724. The first-order valence-corrected chi connectivity index (χ1v) is 10.4. The van der Waals surface area contributed by atoms with E-state index >= 15 is 0 Å². The zero-order valence-electron chi connectivity index (χ0n) is 16.9. The maximum atomic E-state index is 12.8. The Labute approximate surface area is 178 Å². The van der Waals surface area contributed by atoms with Gasteiger partial charge < -0.3 is 19.7 Å². The van der Waals surface area contributed by atoms with Gasteiger partial charge in [-0.15, -0.1) is 11.3 Å². The molecule has 30 heavy (non-hydrogen) atoms. The number of hydrogen-bond donors (Lipinski definition) is 1. The fourth-order valence-corrected chi connectivity index (χ4v) is 3.89. The second-order valence-electron chi connectivity index (χ2n) is 6.75. The summed E-state index contributed by atoms with van der Waals surface area (Å²) >= 11 is 1.62. The van der Waals surface area contributed by atoms with Gasteiger partial charge in [0.15, 0.2) is 0 Å². The molecular weight excluding hydrogens is 408 g/mol. The fourth-order valence-electron chi connectivity index (χ4n) is 3.23. The van der Waals surface area contributed by atoms with Gasteiger partial charge >= 0.3 is 18.0 Å². The number of urea groups is 1. The van der Waals surface area contributed by atoms with Crippen LogP contribution in [0.15, 0.2) is 29.8 Å². The lowest BCUT2D eigenvalue weighted by Gasteiger charge is -2.22. The maximum absolute atomic E-state index is 12.8. The molecule has 2 heterocycles. The lowest BCUT2D eigenvalue weighted by atomic mass is 10.1. The standard InChI is InChI=1S/C20H24N4O5S/c1-28-18(25)14-10-15(19(26)29-2)12-16(11-14)22-20(27)24-6-3-5-23(7-8-24)13-17-21-4-9-30-17/h4,9-12H,3,5-8,13H2,1-2H3,(H,22,27). The Balaban J connectivity index is 1.67. The summed E-state index contributed by atoms with van der Waals surface area (Å²) in [6.45, 7) is 3.57. The molecule has 1 fully saturated rings. The van der Waals surface area contributed by atoms with Crippen LogP contribution >= 0.6 is 11.3 Å². The van der Waals surface area contributed by atoms with Gasteiger partial charge in [0.25, 0.3) is 0 Å². The zero-order chi connectivity index (χ0) is 21.5. The number of esters is 2. The second kappa shape index (κ2) is 10.2. The average molecular weight is 433 g/mol. The van der Waals surface area contributed by atoms with Gasteiger partial charge in [-0.3, -0.25) is 4.90 Å². The topological polar surface area (TPSA) is 101 Å². The van der Waals surface area contributed by atoms with E-state index in [1.54, 1.807) is 22.4 Å². The molecule has 0 radical (unpaired) electrons. The first-order chi connectivity index (χ1) is 14.5. The third-order valence-corrected chi connectivity index (χ3v) is 5.51. The SMILES string of the molecule is COC(=O)c1cc(NC(=O)N2CCCN(Cc3nccs3)CC2)cc(C(=O)OC)c1. The van der Waals surface area contributed by atoms with E-state index in [9.17, 15) is 14.4 Å². The number of thiazole rings is 1. The van der Waals surface area contributed by atoms with Crippen molar-refractivity contribution in [2.24, 2.45) is 0 Å². The van der Waals surface area contributed by atoms with Gasteiger partial charge in [-0.05, 0) is 24.6 Å². The van der Waals surface area contributed by atoms with Crippen molar-refractivity contribution in [3.05, 3.63) is 45.9 Å². The molecule has 0 saturated carbocycles. The number of anilines is 1. The van der Waals surface area contributed by atoms with Gasteiger partial charge in [-0.2, -0.15) is 0 Å². The lowest BCUT2D eigenvalue weighted by molar-refractivity contribution is 0.0599. The van der Waals surface area contributed by atoms with Gasteiger partial charge in [0.05, 0.1) is 31.9 Å². The average Bonchev–Trinajstić information content (AvgIpc) is 3.15. The van der Waals surface area contributed by atoms with Crippen LogP contribution in [0.3, 0.4) is 0 Å². The van der Waals surface area contributed by atoms with Gasteiger partial charge in [-0.25, -0.2) is 19.4 Å². The van der Waals surface area contributed by atoms with Crippen LogP contribution in [-0.4, -0.2) is 73.2 Å². The third kappa shape index (κ3) is 5.55. The summed E-state index contributed by atoms with van der Waals surface area (Å²) in [5.74, 6) is -1.22. The number of carbonyl (C=O) groups is 3. The Morgan fingerprint density at radius 1 is 1.03 bits per heavy atom. The molecule has 160 valence electrons. The number of ether oxygens (including phenoxy) is 2. The summed E-state index contributed by atoms with van der Waals surface area (Å²) in [4.78, 5) is 45.0. The van der Waals surface area contributed by atoms with Crippen LogP contribution < -0.4 is 5.32 Å². The van der Waals surface area contributed by atoms with Crippen LogP contribution in [-0.2, 0) is 16.0 Å². The van der Waals surface area contributed by atoms with Gasteiger partial charge in [0, 0.05) is 43.4 Å². The molecule has 0 unspecified atom stereocenters. The highest BCUT2D eigenvalue weighted by molar-refractivity contribution is 7.09. The summed E-state index contributed by atoms with van der Waals surface area (Å²) in [6, 6.07) is 4.03. The third-order valence-electron chi connectivity index (χ3n) is 4.74. The van der Waals surface area contributed by atoms with Crippen molar-refractivity contribution in [1.29, 1.82) is 0 Å². The molecule has 2 amide bonds. The van der Waals surface area contributed by atoms with Crippen molar-refractivity contribution < 1.29 is 23.9 Å². The fraction of sp³-hybridized carbons (Fsp3) is 0.400. The van der Waals surface area contributed by atoms with Crippen LogP contribution in [0, 0.1) is 0 Å². The molecular formula is C20H24N4O5S. The predicted molar refractivity (Wildman–Crippen MR) is 112 cm³/mol. The Hall–Kier alpha value is -2.98. The number of nitrogens with zero attached hydrogens (tertiary/aromatic N) is 3. The molecule has 0 aliphatic carbocycles. The van der Waals surface area contributed by atoms with E-state index in [4.69, 9.17) is 9.47 Å². The van der Waals surface area contributed by atoms with Crippen molar-refractivity contribution in [2.75, 3.05) is 45.7 Å². The molecule has 1 aliphatic rings. The molecule has 1 N–H and O–H groups in total. The number of carbonyl (C=O) groups excluding carboxylic acids is 3. The van der Waals surface area contributed by atoms with Crippen molar-refractivity contribution >= 4 is 35.0 Å². The van der Waals surface area contributed by atoms with Crippen molar-refractivity contribution in [3.63, 3.8) is 0 Å². The van der Waals surface area contributed by atoms with Crippen molar-refractivity contribution in [2.45, 2.75) is 13.0 Å². The molecule has 3 rings (SSSR count). The van der Waals surface area contributed by atoms with E-state index in [1.165, 1.54) is 32.4 Å². The van der Waals surface area contributed by atoms with E-state index in [0.29, 0.717) is 18.8 Å². The second-order valence-corrected chi connectivity index (χ2v) is 7.73. The minimum Gasteiger partial charge on any atom is -0.465 e. The Morgan fingerprint density at radius 3 is 2.33 bits per heavy atom. The molecule has 10 heteroatoms. The number of aromatic nitrogens is 1. The number of methoxy groups -OCH3 is 2. The number of amides is 2. The van der Waals surface area contributed by atoms with E-state index in [1.807, 2.05) is 5.38 Å².